The van der Waals surface area contributed by atoms with Crippen LogP contribution >= 0.6 is 0 Å². The summed E-state index contributed by atoms with van der Waals surface area (Å²) >= 11 is 0. The van der Waals surface area contributed by atoms with Crippen LogP contribution in [0.5, 0.6) is 0 Å². The van der Waals surface area contributed by atoms with E-state index >= 15 is 0 Å². The molecule has 0 unspecified atom stereocenters. The Hall–Kier alpha value is -1.54. The molecule has 1 saturated heterocycles. The predicted molar refractivity (Wildman–Crippen MR) is 60.2 cm³/mol. The van der Waals surface area contributed by atoms with Crippen LogP contribution in [0.15, 0.2) is 11.7 Å². The lowest BCUT2D eigenvalue weighted by Crippen LogP contribution is -2.73. The van der Waals surface area contributed by atoms with Crippen molar-refractivity contribution in [1.29, 1.82) is 0 Å². The molecule has 0 N–H and O–H groups in total. The maximum atomic E-state index is 14.1. The van der Waals surface area contributed by atoms with E-state index in [0.717, 1.165) is 0 Å². The molecular weight excluding hydrogens is 418 g/mol. The highest BCUT2D eigenvalue weighted by molar-refractivity contribution is 5.13. The summed E-state index contributed by atoms with van der Waals surface area (Å²) in [6.45, 7) is 0. The normalized spacial score (nSPS) is 28.1. The Bertz CT molecular complexity index is 582. The van der Waals surface area contributed by atoms with Crippen LogP contribution in [0.4, 0.5) is 52.7 Å². The summed E-state index contributed by atoms with van der Waals surface area (Å²) < 4.78 is 165. The number of hydrogen-bond donors (Lipinski definition) is 0. The van der Waals surface area contributed by atoms with Crippen LogP contribution in [-0.4, -0.2) is 41.5 Å². The number of allylic oxidation sites excluding steroid dienone is 1. The van der Waals surface area contributed by atoms with E-state index in [2.05, 4.69) is 9.47 Å². The number of ether oxygens (including phenoxy) is 2. The van der Waals surface area contributed by atoms with Gasteiger partial charge in [0.15, 0.2) is 0 Å². The van der Waals surface area contributed by atoms with Crippen molar-refractivity contribution >= 4 is 0 Å². The molecule has 1 saturated carbocycles. The summed E-state index contributed by atoms with van der Waals surface area (Å²) in [4.78, 5) is -2.96. The Balaban J connectivity index is 2.63. The number of morpholine rings is 1. The zero-order valence-electron chi connectivity index (χ0n) is 12.7. The number of nitrogens with zero attached hydrogens (tertiary/aromatic N) is 1. The predicted octanol–water partition coefficient (Wildman–Crippen LogP) is 5.35. The average molecular weight is 427 g/mol. The lowest BCUT2D eigenvalue weighted by Gasteiger charge is -2.47. The third-order valence-electron chi connectivity index (χ3n) is 3.75. The number of rotatable bonds is 3. The van der Waals surface area contributed by atoms with Crippen molar-refractivity contribution in [3.05, 3.63) is 11.7 Å². The van der Waals surface area contributed by atoms with Crippen molar-refractivity contribution in [2.24, 2.45) is 0 Å². The summed E-state index contributed by atoms with van der Waals surface area (Å²) in [6, 6.07) is -13.2. The van der Waals surface area contributed by atoms with Gasteiger partial charge >= 0.3 is 30.5 Å². The van der Waals surface area contributed by atoms with Crippen molar-refractivity contribution in [2.75, 3.05) is 0 Å². The van der Waals surface area contributed by atoms with Crippen LogP contribution in [0.25, 0.3) is 0 Å². The quantitative estimate of drug-likeness (QED) is 0.345. The van der Waals surface area contributed by atoms with E-state index < -0.39 is 53.2 Å². The first kappa shape index (κ1) is 21.8. The molecule has 3 nitrogen and oxygen atoms in total. The van der Waals surface area contributed by atoms with Gasteiger partial charge in [0, 0.05) is 0 Å². The minimum atomic E-state index is -6.61. The Morgan fingerprint density at radius 3 is 1.63 bits per heavy atom. The van der Waals surface area contributed by atoms with Crippen molar-refractivity contribution in [3.8, 4) is 0 Å². The van der Waals surface area contributed by atoms with Crippen LogP contribution in [0, 0.1) is 0 Å². The van der Waals surface area contributed by atoms with Gasteiger partial charge in [-0.25, -0.2) is 9.64 Å². The highest BCUT2D eigenvalue weighted by Crippen LogP contribution is 2.58. The molecule has 0 atom stereocenters. The first-order valence-corrected chi connectivity index (χ1v) is 7.10. The summed E-state index contributed by atoms with van der Waals surface area (Å²) in [6.07, 6.45) is -20.2. The molecule has 15 heteroatoms. The molecule has 0 aromatic rings. The summed E-state index contributed by atoms with van der Waals surface area (Å²) in [5.74, 6) is -6.98. The molecule has 1 aliphatic carbocycles. The second-order valence-electron chi connectivity index (χ2n) is 5.70. The minimum absolute atomic E-state index is 0.158. The van der Waals surface area contributed by atoms with Crippen LogP contribution in [0.2, 0.25) is 0 Å². The lowest BCUT2D eigenvalue weighted by molar-refractivity contribution is -0.559. The number of halogens is 12. The van der Waals surface area contributed by atoms with Gasteiger partial charge in [-0.05, 0) is 25.7 Å². The maximum absolute atomic E-state index is 14.1. The van der Waals surface area contributed by atoms with Crippen molar-refractivity contribution < 1.29 is 62.2 Å². The standard InChI is InChI=1S/C12H9F12NO2/c13-7(6(8(14,15)16)26-5-3-1-2-4-5)25-9(17,18)11(21,22)27-12(23,24)10(25,19)20/h5H,1-4H2/b7-6+. The molecule has 1 heterocycles. The highest BCUT2D eigenvalue weighted by Gasteiger charge is 2.84. The molecule has 1 aliphatic heterocycles. The molecule has 0 radical (unpaired) electrons. The third kappa shape index (κ3) is 3.49. The van der Waals surface area contributed by atoms with E-state index in [4.69, 9.17) is 0 Å². The molecule has 158 valence electrons. The van der Waals surface area contributed by atoms with Gasteiger partial charge in [0.1, 0.15) is 0 Å². The van der Waals surface area contributed by atoms with E-state index in [-0.39, 0.29) is 25.7 Å². The molecule has 2 fully saturated rings. The average Bonchev–Trinajstić information content (AvgIpc) is 2.93. The zero-order chi connectivity index (χ0) is 21.1. The first-order valence-electron chi connectivity index (χ1n) is 7.10. The van der Waals surface area contributed by atoms with Gasteiger partial charge in [0.25, 0.3) is 5.76 Å². The van der Waals surface area contributed by atoms with Gasteiger partial charge in [-0.3, -0.25) is 0 Å². The van der Waals surface area contributed by atoms with Crippen molar-refractivity contribution in [2.45, 2.75) is 62.3 Å². The topological polar surface area (TPSA) is 21.7 Å². The molecule has 0 spiro atoms. The van der Waals surface area contributed by atoms with E-state index in [9.17, 15) is 52.7 Å². The Morgan fingerprint density at radius 1 is 0.852 bits per heavy atom. The fraction of sp³-hybridized carbons (Fsp3) is 0.833. The largest absolute Gasteiger partial charge is 0.482 e. The lowest BCUT2D eigenvalue weighted by atomic mass is 10.2. The molecular formula is C12H9F12NO2. The SMILES string of the molecule is F/C(=C(\OC1CCCC1)C(F)(F)F)N1C(F)(F)C(F)(F)OC(F)(F)C1(F)F. The summed E-state index contributed by atoms with van der Waals surface area (Å²) in [5, 5.41) is 0. The zero-order valence-corrected chi connectivity index (χ0v) is 12.7. The number of hydrogen-bond acceptors (Lipinski definition) is 3. The van der Waals surface area contributed by atoms with Crippen molar-refractivity contribution in [1.82, 2.24) is 4.90 Å². The Kier molecular flexibility index (Phi) is 5.03. The van der Waals surface area contributed by atoms with Crippen LogP contribution < -0.4 is 0 Å². The van der Waals surface area contributed by atoms with Gasteiger partial charge in [0.05, 0.1) is 6.10 Å². The minimum Gasteiger partial charge on any atom is -0.482 e. The summed E-state index contributed by atoms with van der Waals surface area (Å²) in [7, 11) is 0. The molecule has 0 bridgehead atoms. The fourth-order valence-electron chi connectivity index (χ4n) is 2.47. The molecule has 0 aromatic carbocycles. The van der Waals surface area contributed by atoms with Crippen molar-refractivity contribution in [3.63, 3.8) is 0 Å². The fourth-order valence-corrected chi connectivity index (χ4v) is 2.47. The highest BCUT2D eigenvalue weighted by atomic mass is 19.4. The van der Waals surface area contributed by atoms with E-state index in [1.54, 1.807) is 0 Å². The van der Waals surface area contributed by atoms with Gasteiger partial charge < -0.3 is 4.74 Å². The van der Waals surface area contributed by atoms with E-state index in [0.29, 0.717) is 0 Å². The monoisotopic (exact) mass is 427 g/mol. The smallest absolute Gasteiger partial charge is 0.453 e. The second-order valence-corrected chi connectivity index (χ2v) is 5.70. The van der Waals surface area contributed by atoms with Crippen LogP contribution in [-0.2, 0) is 9.47 Å². The van der Waals surface area contributed by atoms with Gasteiger partial charge in [-0.2, -0.15) is 52.7 Å². The first-order chi connectivity index (χ1) is 12.0. The molecule has 27 heavy (non-hydrogen) atoms. The molecule has 0 aromatic heterocycles. The van der Waals surface area contributed by atoms with Crippen LogP contribution in [0.3, 0.4) is 0 Å². The molecule has 2 aliphatic rings. The van der Waals surface area contributed by atoms with Gasteiger partial charge in [0.2, 0.25) is 5.95 Å². The Morgan fingerprint density at radius 2 is 1.26 bits per heavy atom. The second kappa shape index (κ2) is 6.24. The maximum Gasteiger partial charge on any atom is 0.453 e. The molecule has 0 amide bonds. The summed E-state index contributed by atoms with van der Waals surface area (Å²) in [5.41, 5.74) is 0. The third-order valence-corrected chi connectivity index (χ3v) is 3.75. The Labute approximate surface area is 142 Å². The molecule has 2 rings (SSSR count). The van der Waals surface area contributed by atoms with Gasteiger partial charge in [-0.15, -0.1) is 0 Å². The number of alkyl halides is 11. The van der Waals surface area contributed by atoms with E-state index in [1.807, 2.05) is 0 Å². The van der Waals surface area contributed by atoms with Crippen LogP contribution in [0.1, 0.15) is 25.7 Å². The van der Waals surface area contributed by atoms with Gasteiger partial charge in [-0.1, -0.05) is 0 Å². The van der Waals surface area contributed by atoms with E-state index in [1.165, 1.54) is 0 Å².